The lowest BCUT2D eigenvalue weighted by molar-refractivity contribution is -0.119. The molecule has 0 aliphatic heterocycles. The third-order valence-electron chi connectivity index (χ3n) is 2.39. The second-order valence-corrected chi connectivity index (χ2v) is 4.08. The van der Waals surface area contributed by atoms with Crippen LogP contribution in [0.25, 0.3) is 0 Å². The molecule has 1 aromatic carbocycles. The van der Waals surface area contributed by atoms with Crippen molar-refractivity contribution in [3.8, 4) is 0 Å². The number of alkyl halides is 1. The van der Waals surface area contributed by atoms with Gasteiger partial charge in [-0.1, -0.05) is 47.1 Å². The van der Waals surface area contributed by atoms with Crippen LogP contribution in [0.2, 0.25) is 0 Å². The molecule has 0 saturated heterocycles. The van der Waals surface area contributed by atoms with Crippen molar-refractivity contribution >= 4 is 21.8 Å². The molecule has 1 atom stereocenters. The summed E-state index contributed by atoms with van der Waals surface area (Å²) in [5.41, 5.74) is 2.46. The van der Waals surface area contributed by atoms with E-state index in [2.05, 4.69) is 52.4 Å². The summed E-state index contributed by atoms with van der Waals surface area (Å²) in [6.45, 7) is 4.12. The van der Waals surface area contributed by atoms with Crippen molar-refractivity contribution in [2.75, 3.05) is 5.33 Å². The highest BCUT2D eigenvalue weighted by atomic mass is 79.9. The minimum absolute atomic E-state index is 0.0158. The molecule has 0 aromatic heterocycles. The van der Waals surface area contributed by atoms with Crippen molar-refractivity contribution in [1.82, 2.24) is 5.32 Å². The van der Waals surface area contributed by atoms with Crippen LogP contribution in [0.15, 0.2) is 24.3 Å². The van der Waals surface area contributed by atoms with Crippen molar-refractivity contribution in [2.24, 2.45) is 0 Å². The molecule has 0 heterocycles. The van der Waals surface area contributed by atoms with E-state index in [4.69, 9.17) is 0 Å². The van der Waals surface area contributed by atoms with Crippen molar-refractivity contribution in [3.63, 3.8) is 0 Å². The van der Waals surface area contributed by atoms with Crippen LogP contribution in [0, 0.1) is 0 Å². The molecule has 1 aromatic rings. The highest BCUT2D eigenvalue weighted by molar-refractivity contribution is 9.09. The third kappa shape index (κ3) is 3.67. The zero-order valence-electron chi connectivity index (χ0n) is 9.09. The second-order valence-electron chi connectivity index (χ2n) is 3.52. The Balaban J connectivity index is 2.65. The third-order valence-corrected chi connectivity index (χ3v) is 2.90. The van der Waals surface area contributed by atoms with Gasteiger partial charge in [0, 0.05) is 0 Å². The summed E-state index contributed by atoms with van der Waals surface area (Å²) in [5, 5.41) is 3.25. The fourth-order valence-corrected chi connectivity index (χ4v) is 1.57. The average Bonchev–Trinajstić information content (AvgIpc) is 2.29. The Bertz CT molecular complexity index is 321. The van der Waals surface area contributed by atoms with Crippen LogP contribution < -0.4 is 5.32 Å². The van der Waals surface area contributed by atoms with Crippen LogP contribution >= 0.6 is 15.9 Å². The van der Waals surface area contributed by atoms with Gasteiger partial charge in [-0.05, 0) is 24.5 Å². The topological polar surface area (TPSA) is 29.1 Å². The lowest BCUT2D eigenvalue weighted by Crippen LogP contribution is -2.27. The van der Waals surface area contributed by atoms with Crippen LogP contribution in [-0.2, 0) is 11.2 Å². The molecule has 0 spiro atoms. The first-order valence-corrected chi connectivity index (χ1v) is 6.23. The maximum Gasteiger partial charge on any atom is 0.231 e. The molecule has 0 fully saturated rings. The van der Waals surface area contributed by atoms with Gasteiger partial charge in [0.15, 0.2) is 0 Å². The summed E-state index contributed by atoms with van der Waals surface area (Å²) in [4.78, 5) is 11.2. The molecular formula is C12H16BrNO. The predicted octanol–water partition coefficient (Wildman–Crippen LogP) is 2.82. The van der Waals surface area contributed by atoms with Crippen LogP contribution in [0.4, 0.5) is 0 Å². The Hall–Kier alpha value is -0.830. The molecule has 0 aliphatic rings. The quantitative estimate of drug-likeness (QED) is 0.837. The largest absolute Gasteiger partial charge is 0.349 e. The molecule has 0 bridgehead atoms. The number of carbonyl (C=O) groups excluding carboxylic acids is 1. The number of carbonyl (C=O) groups is 1. The maximum atomic E-state index is 11.2. The minimum atomic E-state index is 0.0158. The van der Waals surface area contributed by atoms with Crippen LogP contribution in [0.1, 0.15) is 31.0 Å². The van der Waals surface area contributed by atoms with E-state index in [1.54, 1.807) is 0 Å². The average molecular weight is 270 g/mol. The van der Waals surface area contributed by atoms with Crippen LogP contribution in [0.3, 0.4) is 0 Å². The Kier molecular flexibility index (Phi) is 4.82. The van der Waals surface area contributed by atoms with Crippen molar-refractivity contribution in [3.05, 3.63) is 35.4 Å². The second kappa shape index (κ2) is 5.91. The normalized spacial score (nSPS) is 12.2. The van der Waals surface area contributed by atoms with Crippen LogP contribution in [-0.4, -0.2) is 11.2 Å². The summed E-state index contributed by atoms with van der Waals surface area (Å²) in [5.74, 6) is 0.0158. The van der Waals surface area contributed by atoms with Gasteiger partial charge in [0.1, 0.15) is 0 Å². The minimum Gasteiger partial charge on any atom is -0.349 e. The number of benzene rings is 1. The zero-order valence-corrected chi connectivity index (χ0v) is 10.7. The number of nitrogens with one attached hydrogen (secondary N) is 1. The van der Waals surface area contributed by atoms with Crippen molar-refractivity contribution < 1.29 is 4.79 Å². The summed E-state index contributed by atoms with van der Waals surface area (Å²) >= 11 is 3.13. The molecule has 0 radical (unpaired) electrons. The molecule has 3 heteroatoms. The first kappa shape index (κ1) is 12.2. The van der Waals surface area contributed by atoms with Gasteiger partial charge in [0.25, 0.3) is 0 Å². The summed E-state index contributed by atoms with van der Waals surface area (Å²) in [6.07, 6.45) is 1.04. The predicted molar refractivity (Wildman–Crippen MR) is 66.2 cm³/mol. The molecule has 1 unspecified atom stereocenters. The number of amides is 1. The fraction of sp³-hybridized carbons (Fsp3) is 0.417. The van der Waals surface area contributed by atoms with Crippen LogP contribution in [0.5, 0.6) is 0 Å². The molecule has 1 amide bonds. The van der Waals surface area contributed by atoms with E-state index in [9.17, 15) is 4.79 Å². The Morgan fingerprint density at radius 2 is 2.00 bits per heavy atom. The number of aryl methyl sites for hydroxylation is 1. The van der Waals surface area contributed by atoms with Gasteiger partial charge in [-0.2, -0.15) is 0 Å². The number of hydrogen-bond donors (Lipinski definition) is 1. The van der Waals surface area contributed by atoms with Gasteiger partial charge in [-0.25, -0.2) is 0 Å². The summed E-state index contributed by atoms with van der Waals surface area (Å²) < 4.78 is 0. The highest BCUT2D eigenvalue weighted by Crippen LogP contribution is 2.13. The van der Waals surface area contributed by atoms with Gasteiger partial charge in [0.2, 0.25) is 5.91 Å². The van der Waals surface area contributed by atoms with Gasteiger partial charge < -0.3 is 5.32 Å². The zero-order chi connectivity index (χ0) is 11.3. The Morgan fingerprint density at radius 3 is 2.47 bits per heavy atom. The standard InChI is InChI=1S/C12H16BrNO/c1-3-10-4-6-11(7-5-10)9(2)14-12(15)8-13/h4-7,9H,3,8H2,1-2H3,(H,14,15). The lowest BCUT2D eigenvalue weighted by Gasteiger charge is -2.13. The van der Waals surface area contributed by atoms with Gasteiger partial charge in [0.05, 0.1) is 11.4 Å². The summed E-state index contributed by atoms with van der Waals surface area (Å²) in [7, 11) is 0. The molecule has 0 saturated carbocycles. The molecule has 15 heavy (non-hydrogen) atoms. The molecule has 0 aliphatic carbocycles. The van der Waals surface area contributed by atoms with Gasteiger partial charge in [-0.3, -0.25) is 4.79 Å². The molecule has 1 rings (SSSR count). The smallest absolute Gasteiger partial charge is 0.231 e. The fourth-order valence-electron chi connectivity index (χ4n) is 1.41. The van der Waals surface area contributed by atoms with E-state index < -0.39 is 0 Å². The Morgan fingerprint density at radius 1 is 1.40 bits per heavy atom. The lowest BCUT2D eigenvalue weighted by atomic mass is 10.1. The first-order valence-electron chi connectivity index (χ1n) is 5.11. The van der Waals surface area contributed by atoms with E-state index in [1.165, 1.54) is 5.56 Å². The van der Waals surface area contributed by atoms with Crippen molar-refractivity contribution in [2.45, 2.75) is 26.3 Å². The van der Waals surface area contributed by atoms with E-state index in [-0.39, 0.29) is 11.9 Å². The SMILES string of the molecule is CCc1ccc(C(C)NC(=O)CBr)cc1. The number of rotatable bonds is 4. The van der Waals surface area contributed by atoms with Gasteiger partial charge in [-0.15, -0.1) is 0 Å². The van der Waals surface area contributed by atoms with Gasteiger partial charge >= 0.3 is 0 Å². The van der Waals surface area contributed by atoms with E-state index in [1.807, 2.05) is 6.92 Å². The number of hydrogen-bond acceptors (Lipinski definition) is 1. The summed E-state index contributed by atoms with van der Waals surface area (Å²) in [6, 6.07) is 8.41. The highest BCUT2D eigenvalue weighted by Gasteiger charge is 2.07. The molecular weight excluding hydrogens is 254 g/mol. The molecule has 82 valence electrons. The number of halogens is 1. The molecule has 2 nitrogen and oxygen atoms in total. The maximum absolute atomic E-state index is 11.2. The van der Waals surface area contributed by atoms with E-state index >= 15 is 0 Å². The van der Waals surface area contributed by atoms with Crippen molar-refractivity contribution in [1.29, 1.82) is 0 Å². The van der Waals surface area contributed by atoms with E-state index in [0.717, 1.165) is 12.0 Å². The van der Waals surface area contributed by atoms with E-state index in [0.29, 0.717) is 5.33 Å². The Labute approximate surface area is 99.2 Å². The first-order chi connectivity index (χ1) is 7.17. The monoisotopic (exact) mass is 269 g/mol. The molecule has 1 N–H and O–H groups in total.